The molecule has 0 unspecified atom stereocenters. The van der Waals surface area contributed by atoms with E-state index in [-0.39, 0.29) is 11.9 Å². The minimum Gasteiger partial charge on any atom is -0.459 e. The summed E-state index contributed by atoms with van der Waals surface area (Å²) in [4.78, 5) is 15.3. The van der Waals surface area contributed by atoms with Crippen LogP contribution in [0.1, 0.15) is 39.2 Å². The molecule has 0 saturated heterocycles. The van der Waals surface area contributed by atoms with Crippen molar-refractivity contribution in [1.29, 1.82) is 0 Å². The summed E-state index contributed by atoms with van der Waals surface area (Å²) in [5.41, 5.74) is 7.60. The zero-order valence-electron chi connectivity index (χ0n) is 12.7. The maximum atomic E-state index is 12.1. The lowest BCUT2D eigenvalue weighted by molar-refractivity contribution is -0.156. The molecule has 0 saturated carbocycles. The quantitative estimate of drug-likeness (QED) is 0.827. The van der Waals surface area contributed by atoms with Crippen molar-refractivity contribution in [3.8, 4) is 0 Å². The number of hydrogen-bond donors (Lipinski definition) is 2. The van der Waals surface area contributed by atoms with E-state index in [1.165, 1.54) is 0 Å². The first kappa shape index (κ1) is 16.0. The van der Waals surface area contributed by atoms with E-state index in [1.807, 2.05) is 52.1 Å². The van der Waals surface area contributed by atoms with Crippen LogP contribution in [0.2, 0.25) is 0 Å². The van der Waals surface area contributed by atoms with E-state index in [4.69, 9.17) is 10.5 Å². The molecule has 4 nitrogen and oxygen atoms in total. The molecule has 2 atom stereocenters. The summed E-state index contributed by atoms with van der Waals surface area (Å²) in [6.45, 7) is 7.46. The molecular weight excluding hydrogens is 332 g/mol. The van der Waals surface area contributed by atoms with Crippen molar-refractivity contribution in [3.63, 3.8) is 0 Å². The second kappa shape index (κ2) is 5.81. The molecule has 1 aromatic carbocycles. The van der Waals surface area contributed by atoms with Gasteiger partial charge in [0, 0.05) is 27.5 Å². The summed E-state index contributed by atoms with van der Waals surface area (Å²) >= 11 is 3.47. The van der Waals surface area contributed by atoms with Crippen molar-refractivity contribution in [2.24, 2.45) is 5.73 Å². The van der Waals surface area contributed by atoms with Crippen LogP contribution in [0, 0.1) is 0 Å². The summed E-state index contributed by atoms with van der Waals surface area (Å²) in [7, 11) is 0. The summed E-state index contributed by atoms with van der Waals surface area (Å²) in [6.07, 6.45) is 1.91. The molecule has 21 heavy (non-hydrogen) atoms. The summed E-state index contributed by atoms with van der Waals surface area (Å²) in [5.74, 6) is -0.512. The molecule has 2 aromatic rings. The highest BCUT2D eigenvalue weighted by molar-refractivity contribution is 9.10. The first-order valence-electron chi connectivity index (χ1n) is 6.94. The van der Waals surface area contributed by atoms with Gasteiger partial charge in [-0.3, -0.25) is 4.79 Å². The highest BCUT2D eigenvalue weighted by atomic mass is 79.9. The Morgan fingerprint density at radius 3 is 2.67 bits per heavy atom. The Morgan fingerprint density at radius 2 is 2.05 bits per heavy atom. The van der Waals surface area contributed by atoms with E-state index >= 15 is 0 Å². The molecule has 114 valence electrons. The van der Waals surface area contributed by atoms with Crippen LogP contribution >= 0.6 is 15.9 Å². The Labute approximate surface area is 133 Å². The number of nitrogens with one attached hydrogen (secondary N) is 1. The average molecular weight is 353 g/mol. The zero-order valence-corrected chi connectivity index (χ0v) is 14.3. The maximum Gasteiger partial charge on any atom is 0.324 e. The van der Waals surface area contributed by atoms with Crippen LogP contribution < -0.4 is 5.73 Å². The van der Waals surface area contributed by atoms with Crippen molar-refractivity contribution >= 4 is 32.8 Å². The number of benzene rings is 1. The molecule has 3 N–H and O–H groups in total. The lowest BCUT2D eigenvalue weighted by atomic mass is 9.93. The molecule has 1 heterocycles. The number of hydrogen-bond acceptors (Lipinski definition) is 3. The highest BCUT2D eigenvalue weighted by Gasteiger charge is 2.28. The number of esters is 1. The lowest BCUT2D eigenvalue weighted by Gasteiger charge is -2.25. The first-order chi connectivity index (χ1) is 9.69. The number of carbonyl (C=O) groups is 1. The average Bonchev–Trinajstić information content (AvgIpc) is 2.77. The molecule has 0 fully saturated rings. The Hall–Kier alpha value is -1.33. The van der Waals surface area contributed by atoms with Crippen LogP contribution in [-0.2, 0) is 9.53 Å². The van der Waals surface area contributed by atoms with Gasteiger partial charge in [0.2, 0.25) is 0 Å². The lowest BCUT2D eigenvalue weighted by Crippen LogP contribution is -2.40. The molecule has 0 bridgehead atoms. The molecule has 0 aliphatic rings. The standard InChI is InChI=1S/C16H21BrN2O2/c1-9(14(18)15(20)21-16(2,3)4)12-8-19-13-6-5-10(17)7-11(12)13/h5-9,14,19H,18H2,1-4H3/t9-,14-/m1/s1. The van der Waals surface area contributed by atoms with Gasteiger partial charge in [-0.15, -0.1) is 0 Å². The van der Waals surface area contributed by atoms with Gasteiger partial charge in [0.25, 0.3) is 0 Å². The van der Waals surface area contributed by atoms with Gasteiger partial charge in [-0.2, -0.15) is 0 Å². The van der Waals surface area contributed by atoms with Gasteiger partial charge in [-0.1, -0.05) is 22.9 Å². The Morgan fingerprint density at radius 1 is 1.38 bits per heavy atom. The molecule has 0 amide bonds. The number of H-pyrrole nitrogens is 1. The third-order valence-corrected chi connectivity index (χ3v) is 3.88. The minimum atomic E-state index is -0.692. The number of aromatic amines is 1. The molecule has 5 heteroatoms. The zero-order chi connectivity index (χ0) is 15.8. The molecule has 0 spiro atoms. The van der Waals surface area contributed by atoms with Crippen molar-refractivity contribution < 1.29 is 9.53 Å². The number of nitrogens with two attached hydrogens (primary N) is 1. The van der Waals surface area contributed by atoms with Crippen molar-refractivity contribution in [3.05, 3.63) is 34.4 Å². The van der Waals surface area contributed by atoms with Crippen LogP contribution in [0.25, 0.3) is 10.9 Å². The summed E-state index contributed by atoms with van der Waals surface area (Å²) in [6, 6.07) is 5.30. The molecule has 0 aliphatic heterocycles. The molecule has 0 aliphatic carbocycles. The molecule has 0 radical (unpaired) electrons. The summed E-state index contributed by atoms with van der Waals surface area (Å²) in [5, 5.41) is 1.07. The number of halogens is 1. The molecule has 2 rings (SSSR count). The molecular formula is C16H21BrN2O2. The van der Waals surface area contributed by atoms with Crippen molar-refractivity contribution in [1.82, 2.24) is 4.98 Å². The van der Waals surface area contributed by atoms with Gasteiger partial charge >= 0.3 is 5.97 Å². The largest absolute Gasteiger partial charge is 0.459 e. The van der Waals surface area contributed by atoms with Gasteiger partial charge < -0.3 is 15.5 Å². The van der Waals surface area contributed by atoms with Crippen molar-refractivity contribution in [2.75, 3.05) is 0 Å². The van der Waals surface area contributed by atoms with Crippen LogP contribution in [0.15, 0.2) is 28.9 Å². The SMILES string of the molecule is C[C@H](c1c[nH]c2ccc(Br)cc12)[C@@H](N)C(=O)OC(C)(C)C. The number of fused-ring (bicyclic) bond motifs is 1. The Kier molecular flexibility index (Phi) is 4.44. The van der Waals surface area contributed by atoms with Crippen LogP contribution in [0.3, 0.4) is 0 Å². The van der Waals surface area contributed by atoms with E-state index < -0.39 is 11.6 Å². The number of ether oxygens (including phenoxy) is 1. The minimum absolute atomic E-state index is 0.136. The van der Waals surface area contributed by atoms with Gasteiger partial charge in [0.1, 0.15) is 11.6 Å². The van der Waals surface area contributed by atoms with E-state index in [1.54, 1.807) is 0 Å². The highest BCUT2D eigenvalue weighted by Crippen LogP contribution is 2.30. The van der Waals surface area contributed by atoms with Gasteiger partial charge in [-0.25, -0.2) is 0 Å². The Bertz CT molecular complexity index is 658. The topological polar surface area (TPSA) is 68.1 Å². The number of carbonyl (C=O) groups excluding carboxylic acids is 1. The fraction of sp³-hybridized carbons (Fsp3) is 0.438. The van der Waals surface area contributed by atoms with E-state index in [9.17, 15) is 4.79 Å². The summed E-state index contributed by atoms with van der Waals surface area (Å²) < 4.78 is 6.37. The second-order valence-corrected chi connectivity index (χ2v) is 7.20. The number of aromatic nitrogens is 1. The van der Waals surface area contributed by atoms with Crippen molar-refractivity contribution in [2.45, 2.75) is 45.3 Å². The van der Waals surface area contributed by atoms with E-state index in [2.05, 4.69) is 20.9 Å². The number of rotatable bonds is 3. The van der Waals surface area contributed by atoms with Crippen LogP contribution in [-0.4, -0.2) is 22.6 Å². The molecule has 1 aromatic heterocycles. The second-order valence-electron chi connectivity index (χ2n) is 6.28. The third kappa shape index (κ3) is 3.66. The third-order valence-electron chi connectivity index (χ3n) is 3.38. The smallest absolute Gasteiger partial charge is 0.324 e. The Balaban J connectivity index is 2.27. The predicted molar refractivity (Wildman–Crippen MR) is 88.2 cm³/mol. The predicted octanol–water partition coefficient (Wildman–Crippen LogP) is 3.70. The van der Waals surface area contributed by atoms with Gasteiger partial charge in [0.05, 0.1) is 0 Å². The fourth-order valence-corrected chi connectivity index (χ4v) is 2.62. The normalized spacial score (nSPS) is 15.0. The van der Waals surface area contributed by atoms with E-state index in [0.29, 0.717) is 0 Å². The maximum absolute atomic E-state index is 12.1. The van der Waals surface area contributed by atoms with Gasteiger partial charge in [0.15, 0.2) is 0 Å². The van der Waals surface area contributed by atoms with E-state index in [0.717, 1.165) is 20.9 Å². The van der Waals surface area contributed by atoms with Gasteiger partial charge in [-0.05, 0) is 44.5 Å². The first-order valence-corrected chi connectivity index (χ1v) is 7.73. The van der Waals surface area contributed by atoms with Crippen LogP contribution in [0.4, 0.5) is 0 Å². The van der Waals surface area contributed by atoms with Crippen LogP contribution in [0.5, 0.6) is 0 Å². The fourth-order valence-electron chi connectivity index (χ4n) is 2.26. The monoisotopic (exact) mass is 352 g/mol.